The van der Waals surface area contributed by atoms with Crippen molar-refractivity contribution in [1.29, 1.82) is 0 Å². The van der Waals surface area contributed by atoms with E-state index in [1.165, 1.54) is 12.1 Å². The Kier molecular flexibility index (Phi) is 4.41. The molecule has 0 saturated carbocycles. The van der Waals surface area contributed by atoms with Crippen molar-refractivity contribution in [2.24, 2.45) is 0 Å². The lowest BCUT2D eigenvalue weighted by Gasteiger charge is -2.32. The number of amides is 2. The zero-order valence-electron chi connectivity index (χ0n) is 14.5. The second-order valence-corrected chi connectivity index (χ2v) is 6.51. The number of pyridine rings is 1. The summed E-state index contributed by atoms with van der Waals surface area (Å²) in [7, 11) is 0. The predicted molar refractivity (Wildman–Crippen MR) is 98.7 cm³/mol. The van der Waals surface area contributed by atoms with Crippen molar-refractivity contribution in [3.63, 3.8) is 0 Å². The van der Waals surface area contributed by atoms with Crippen LogP contribution in [0.15, 0.2) is 48.7 Å². The van der Waals surface area contributed by atoms with Gasteiger partial charge < -0.3 is 10.2 Å². The van der Waals surface area contributed by atoms with Gasteiger partial charge in [-0.3, -0.25) is 14.5 Å². The zero-order valence-corrected chi connectivity index (χ0v) is 14.5. The maximum absolute atomic E-state index is 12.6. The summed E-state index contributed by atoms with van der Waals surface area (Å²) in [6, 6.07) is 11.4. The number of rotatable bonds is 3. The molecular weight excluding hydrogens is 348 g/mol. The SMILES string of the molecule is O=C(Nc1cccc([N+](=O)[O-])c1)N1CCCC(c2nnc3ccccn23)C1. The van der Waals surface area contributed by atoms with Crippen LogP contribution in [0.4, 0.5) is 16.2 Å². The Morgan fingerprint density at radius 3 is 2.96 bits per heavy atom. The molecule has 0 bridgehead atoms. The molecule has 1 unspecified atom stereocenters. The number of carbonyl (C=O) groups is 1. The first-order valence-corrected chi connectivity index (χ1v) is 8.72. The van der Waals surface area contributed by atoms with E-state index in [2.05, 4.69) is 15.5 Å². The largest absolute Gasteiger partial charge is 0.324 e. The number of hydrogen-bond donors (Lipinski definition) is 1. The molecule has 9 nitrogen and oxygen atoms in total. The molecule has 3 aromatic rings. The number of nitrogens with zero attached hydrogens (tertiary/aromatic N) is 5. The van der Waals surface area contributed by atoms with Crippen molar-refractivity contribution in [1.82, 2.24) is 19.5 Å². The van der Waals surface area contributed by atoms with Gasteiger partial charge in [0.1, 0.15) is 5.82 Å². The molecule has 1 atom stereocenters. The number of piperidine rings is 1. The molecule has 4 rings (SSSR count). The molecule has 1 saturated heterocycles. The predicted octanol–water partition coefficient (Wildman–Crippen LogP) is 3.05. The number of nitro benzene ring substituents is 1. The second-order valence-electron chi connectivity index (χ2n) is 6.51. The molecule has 2 amide bonds. The maximum atomic E-state index is 12.6. The number of benzene rings is 1. The van der Waals surface area contributed by atoms with Gasteiger partial charge in [-0.05, 0) is 31.0 Å². The van der Waals surface area contributed by atoms with Crippen molar-refractivity contribution >= 4 is 23.1 Å². The highest BCUT2D eigenvalue weighted by atomic mass is 16.6. The minimum absolute atomic E-state index is 0.0562. The summed E-state index contributed by atoms with van der Waals surface area (Å²) >= 11 is 0. The van der Waals surface area contributed by atoms with Crippen LogP contribution in [-0.2, 0) is 0 Å². The average molecular weight is 366 g/mol. The van der Waals surface area contributed by atoms with E-state index in [-0.39, 0.29) is 17.6 Å². The third-order valence-corrected chi connectivity index (χ3v) is 4.72. The summed E-state index contributed by atoms with van der Waals surface area (Å²) in [6.07, 6.45) is 3.71. The van der Waals surface area contributed by atoms with Gasteiger partial charge in [0.15, 0.2) is 5.65 Å². The number of aromatic nitrogens is 3. The van der Waals surface area contributed by atoms with Gasteiger partial charge in [-0.2, -0.15) is 0 Å². The lowest BCUT2D eigenvalue weighted by Crippen LogP contribution is -2.42. The smallest absolute Gasteiger partial charge is 0.321 e. The highest BCUT2D eigenvalue weighted by molar-refractivity contribution is 5.89. The maximum Gasteiger partial charge on any atom is 0.321 e. The summed E-state index contributed by atoms with van der Waals surface area (Å²) in [5.74, 6) is 0.936. The first kappa shape index (κ1) is 17.0. The number of hydrogen-bond acceptors (Lipinski definition) is 5. The van der Waals surface area contributed by atoms with Crippen LogP contribution >= 0.6 is 0 Å². The standard InChI is InChI=1S/C18H18N6O3/c25-18(19-14-6-3-7-15(11-14)24(26)27)22-9-4-5-13(12-22)17-21-20-16-8-1-2-10-23(16)17/h1-3,6-8,10-11,13H,4-5,9,12H2,(H,19,25). The van der Waals surface area contributed by atoms with E-state index < -0.39 is 4.92 Å². The molecule has 3 heterocycles. The van der Waals surface area contributed by atoms with Crippen LogP contribution in [0.2, 0.25) is 0 Å². The van der Waals surface area contributed by atoms with Crippen LogP contribution in [0.1, 0.15) is 24.6 Å². The summed E-state index contributed by atoms with van der Waals surface area (Å²) < 4.78 is 1.95. The Hall–Kier alpha value is -3.49. The minimum Gasteiger partial charge on any atom is -0.324 e. The fourth-order valence-electron chi connectivity index (χ4n) is 3.41. The molecule has 1 fully saturated rings. The second kappa shape index (κ2) is 7.02. The molecule has 1 aliphatic rings. The zero-order chi connectivity index (χ0) is 18.8. The van der Waals surface area contributed by atoms with Crippen LogP contribution in [0.5, 0.6) is 0 Å². The van der Waals surface area contributed by atoms with Crippen molar-refractivity contribution in [3.8, 4) is 0 Å². The summed E-state index contributed by atoms with van der Waals surface area (Å²) in [5, 5.41) is 22.1. The molecule has 0 aliphatic carbocycles. The van der Waals surface area contributed by atoms with E-state index in [1.807, 2.05) is 28.8 Å². The summed E-state index contributed by atoms with van der Waals surface area (Å²) in [6.45, 7) is 1.16. The Morgan fingerprint density at radius 1 is 1.22 bits per heavy atom. The van der Waals surface area contributed by atoms with Gasteiger partial charge in [0.05, 0.1) is 4.92 Å². The Bertz CT molecular complexity index is 1000. The Balaban J connectivity index is 1.49. The van der Waals surface area contributed by atoms with E-state index in [0.29, 0.717) is 18.8 Å². The van der Waals surface area contributed by atoms with Gasteiger partial charge >= 0.3 is 6.03 Å². The molecule has 1 aromatic carbocycles. The van der Waals surface area contributed by atoms with E-state index in [1.54, 1.807) is 17.0 Å². The van der Waals surface area contributed by atoms with Crippen molar-refractivity contribution in [2.45, 2.75) is 18.8 Å². The van der Waals surface area contributed by atoms with Gasteiger partial charge in [0.2, 0.25) is 0 Å². The monoisotopic (exact) mass is 366 g/mol. The van der Waals surface area contributed by atoms with Gasteiger partial charge in [0.25, 0.3) is 5.69 Å². The number of nitrogens with one attached hydrogen (secondary N) is 1. The van der Waals surface area contributed by atoms with Gasteiger partial charge in [-0.1, -0.05) is 12.1 Å². The molecule has 27 heavy (non-hydrogen) atoms. The van der Waals surface area contributed by atoms with Crippen LogP contribution in [0, 0.1) is 10.1 Å². The average Bonchev–Trinajstić information content (AvgIpc) is 3.12. The summed E-state index contributed by atoms with van der Waals surface area (Å²) in [4.78, 5) is 24.8. The molecule has 0 radical (unpaired) electrons. The van der Waals surface area contributed by atoms with Crippen LogP contribution in [0.25, 0.3) is 5.65 Å². The number of likely N-dealkylation sites (tertiary alicyclic amines) is 1. The fraction of sp³-hybridized carbons (Fsp3) is 0.278. The van der Waals surface area contributed by atoms with Gasteiger partial charge in [-0.25, -0.2) is 4.79 Å². The van der Waals surface area contributed by atoms with Crippen LogP contribution in [0.3, 0.4) is 0 Å². The van der Waals surface area contributed by atoms with E-state index in [9.17, 15) is 14.9 Å². The quantitative estimate of drug-likeness (QED) is 0.566. The first-order chi connectivity index (χ1) is 13.1. The normalized spacial score (nSPS) is 17.0. The fourth-order valence-corrected chi connectivity index (χ4v) is 3.41. The number of anilines is 1. The number of urea groups is 1. The number of fused-ring (bicyclic) bond motifs is 1. The lowest BCUT2D eigenvalue weighted by atomic mass is 9.97. The Labute approximate surface area is 154 Å². The topological polar surface area (TPSA) is 106 Å². The number of carbonyl (C=O) groups excluding carboxylic acids is 1. The summed E-state index contributed by atoms with van der Waals surface area (Å²) in [5.41, 5.74) is 1.13. The first-order valence-electron chi connectivity index (χ1n) is 8.72. The van der Waals surface area contributed by atoms with Gasteiger partial charge in [-0.15, -0.1) is 10.2 Å². The molecule has 1 aliphatic heterocycles. The Morgan fingerprint density at radius 2 is 2.11 bits per heavy atom. The lowest BCUT2D eigenvalue weighted by molar-refractivity contribution is -0.384. The molecule has 2 aromatic heterocycles. The van der Waals surface area contributed by atoms with Gasteiger partial charge in [0, 0.05) is 43.0 Å². The molecular formula is C18H18N6O3. The van der Waals surface area contributed by atoms with Crippen molar-refractivity contribution < 1.29 is 9.72 Å². The highest BCUT2D eigenvalue weighted by Gasteiger charge is 2.28. The van der Waals surface area contributed by atoms with Crippen LogP contribution < -0.4 is 5.32 Å². The van der Waals surface area contributed by atoms with Crippen LogP contribution in [-0.4, -0.2) is 43.5 Å². The molecule has 138 valence electrons. The number of non-ortho nitro benzene ring substituents is 1. The number of nitro groups is 1. The molecule has 1 N–H and O–H groups in total. The van der Waals surface area contributed by atoms with E-state index in [4.69, 9.17) is 0 Å². The molecule has 9 heteroatoms. The van der Waals surface area contributed by atoms with E-state index in [0.717, 1.165) is 24.3 Å². The third-order valence-electron chi connectivity index (χ3n) is 4.72. The minimum atomic E-state index is -0.483. The third kappa shape index (κ3) is 3.43. The van der Waals surface area contributed by atoms with E-state index >= 15 is 0 Å². The molecule has 0 spiro atoms. The van der Waals surface area contributed by atoms with Crippen molar-refractivity contribution in [2.75, 3.05) is 18.4 Å². The highest BCUT2D eigenvalue weighted by Crippen LogP contribution is 2.27. The van der Waals surface area contributed by atoms with Crippen molar-refractivity contribution in [3.05, 3.63) is 64.6 Å².